The lowest BCUT2D eigenvalue weighted by Crippen LogP contribution is -2.45. The van der Waals surface area contributed by atoms with E-state index >= 15 is 0 Å². The molecule has 0 spiro atoms. The van der Waals surface area contributed by atoms with Gasteiger partial charge in [-0.2, -0.15) is 0 Å². The molecule has 4 heteroatoms. The molecule has 2 aliphatic rings. The zero-order valence-electron chi connectivity index (χ0n) is 13.5. The molecule has 0 radical (unpaired) electrons. The second-order valence-electron chi connectivity index (χ2n) is 7.89. The molecule has 1 amide bonds. The molecule has 1 saturated carbocycles. The van der Waals surface area contributed by atoms with E-state index in [0.717, 1.165) is 51.6 Å². The number of likely N-dealkylation sites (tertiary alicyclic amines) is 1. The van der Waals surface area contributed by atoms with Gasteiger partial charge in [-0.3, -0.25) is 9.59 Å². The highest BCUT2D eigenvalue weighted by molar-refractivity contribution is 5.78. The van der Waals surface area contributed by atoms with Gasteiger partial charge >= 0.3 is 5.97 Å². The summed E-state index contributed by atoms with van der Waals surface area (Å²) in [6.45, 7) is 6.07. The summed E-state index contributed by atoms with van der Waals surface area (Å²) in [5.41, 5.74) is -0.0941. The van der Waals surface area contributed by atoms with Crippen molar-refractivity contribution in [1.82, 2.24) is 4.90 Å². The lowest BCUT2D eigenvalue weighted by molar-refractivity contribution is -0.143. The SMILES string of the molecule is CC1(C)CCCN(C(=O)CC2(CC(=O)O)CCCCC2)C1. The highest BCUT2D eigenvalue weighted by Gasteiger charge is 2.39. The van der Waals surface area contributed by atoms with Crippen LogP contribution >= 0.6 is 0 Å². The number of hydrogen-bond donors (Lipinski definition) is 1. The number of aliphatic carboxylic acids is 1. The Morgan fingerprint density at radius 1 is 1.00 bits per heavy atom. The van der Waals surface area contributed by atoms with Crippen molar-refractivity contribution in [2.75, 3.05) is 13.1 Å². The van der Waals surface area contributed by atoms with Crippen LogP contribution in [0.15, 0.2) is 0 Å². The Kier molecular flexibility index (Phi) is 4.95. The normalized spacial score (nSPS) is 24.6. The Labute approximate surface area is 127 Å². The van der Waals surface area contributed by atoms with E-state index in [0.29, 0.717) is 6.42 Å². The number of carbonyl (C=O) groups is 2. The van der Waals surface area contributed by atoms with E-state index in [1.165, 1.54) is 6.42 Å². The topological polar surface area (TPSA) is 57.6 Å². The van der Waals surface area contributed by atoms with Crippen molar-refractivity contribution in [3.05, 3.63) is 0 Å². The average molecular weight is 295 g/mol. The van der Waals surface area contributed by atoms with Crippen molar-refractivity contribution < 1.29 is 14.7 Å². The molecule has 0 atom stereocenters. The fourth-order valence-electron chi connectivity index (χ4n) is 4.11. The van der Waals surface area contributed by atoms with Gasteiger partial charge in [0.2, 0.25) is 5.91 Å². The Morgan fingerprint density at radius 2 is 1.67 bits per heavy atom. The Hall–Kier alpha value is -1.06. The zero-order chi connectivity index (χ0) is 15.5. The minimum atomic E-state index is -0.760. The van der Waals surface area contributed by atoms with Crippen molar-refractivity contribution >= 4 is 11.9 Å². The van der Waals surface area contributed by atoms with Crippen LogP contribution < -0.4 is 0 Å². The second kappa shape index (κ2) is 6.37. The van der Waals surface area contributed by atoms with Crippen LogP contribution in [0, 0.1) is 10.8 Å². The third kappa shape index (κ3) is 4.45. The molecule has 0 unspecified atom stereocenters. The van der Waals surface area contributed by atoms with Gasteiger partial charge in [0, 0.05) is 19.5 Å². The predicted molar refractivity (Wildman–Crippen MR) is 82.0 cm³/mol. The van der Waals surface area contributed by atoms with Crippen molar-refractivity contribution in [2.24, 2.45) is 10.8 Å². The van der Waals surface area contributed by atoms with Gasteiger partial charge in [-0.15, -0.1) is 0 Å². The summed E-state index contributed by atoms with van der Waals surface area (Å²) in [5.74, 6) is -0.588. The van der Waals surface area contributed by atoms with Crippen LogP contribution in [-0.4, -0.2) is 35.0 Å². The van der Waals surface area contributed by atoms with Crippen molar-refractivity contribution in [3.63, 3.8) is 0 Å². The summed E-state index contributed by atoms with van der Waals surface area (Å²) >= 11 is 0. The lowest BCUT2D eigenvalue weighted by atomic mass is 9.69. The van der Waals surface area contributed by atoms with E-state index in [-0.39, 0.29) is 23.2 Å². The Bertz CT molecular complexity index is 397. The first-order valence-corrected chi connectivity index (χ1v) is 8.32. The van der Waals surface area contributed by atoms with Crippen LogP contribution in [0.5, 0.6) is 0 Å². The van der Waals surface area contributed by atoms with E-state index in [2.05, 4.69) is 13.8 Å². The summed E-state index contributed by atoms with van der Waals surface area (Å²) in [5, 5.41) is 9.21. The summed E-state index contributed by atoms with van der Waals surface area (Å²) in [7, 11) is 0. The third-order valence-electron chi connectivity index (χ3n) is 5.22. The number of piperidine rings is 1. The minimum Gasteiger partial charge on any atom is -0.481 e. The van der Waals surface area contributed by atoms with Crippen molar-refractivity contribution in [2.45, 2.75) is 71.6 Å². The molecule has 0 aromatic rings. The fourth-order valence-corrected chi connectivity index (χ4v) is 4.11. The van der Waals surface area contributed by atoms with E-state index < -0.39 is 5.97 Å². The van der Waals surface area contributed by atoms with E-state index in [4.69, 9.17) is 0 Å². The van der Waals surface area contributed by atoms with Gasteiger partial charge in [0.05, 0.1) is 6.42 Å². The molecule has 4 nitrogen and oxygen atoms in total. The number of carboxylic acids is 1. The quantitative estimate of drug-likeness (QED) is 0.864. The number of amides is 1. The number of carbonyl (C=O) groups excluding carboxylic acids is 1. The molecule has 1 aliphatic heterocycles. The number of nitrogens with zero attached hydrogens (tertiary/aromatic N) is 1. The number of hydrogen-bond acceptors (Lipinski definition) is 2. The monoisotopic (exact) mass is 295 g/mol. The average Bonchev–Trinajstić information content (AvgIpc) is 2.37. The smallest absolute Gasteiger partial charge is 0.303 e. The Balaban J connectivity index is 2.02. The van der Waals surface area contributed by atoms with Crippen molar-refractivity contribution in [1.29, 1.82) is 0 Å². The standard InChI is InChI=1S/C17H29NO3/c1-16(2)7-6-10-18(13-16)14(19)11-17(12-15(20)21)8-4-3-5-9-17/h3-13H2,1-2H3,(H,20,21). The molecule has 0 aromatic carbocycles. The molecular weight excluding hydrogens is 266 g/mol. The van der Waals surface area contributed by atoms with Crippen LogP contribution in [0.3, 0.4) is 0 Å². The highest BCUT2D eigenvalue weighted by atomic mass is 16.4. The predicted octanol–water partition coefficient (Wildman–Crippen LogP) is 3.45. The molecule has 0 aromatic heterocycles. The lowest BCUT2D eigenvalue weighted by Gasteiger charge is -2.41. The number of rotatable bonds is 4. The van der Waals surface area contributed by atoms with Gasteiger partial charge in [0.1, 0.15) is 0 Å². The minimum absolute atomic E-state index is 0.149. The van der Waals surface area contributed by atoms with Crippen molar-refractivity contribution in [3.8, 4) is 0 Å². The highest BCUT2D eigenvalue weighted by Crippen LogP contribution is 2.43. The second-order valence-corrected chi connectivity index (χ2v) is 7.89. The van der Waals surface area contributed by atoms with Crippen LogP contribution in [-0.2, 0) is 9.59 Å². The van der Waals surface area contributed by atoms with Crippen LogP contribution in [0.2, 0.25) is 0 Å². The first kappa shape index (κ1) is 16.3. The van der Waals surface area contributed by atoms with Gasteiger partial charge in [-0.1, -0.05) is 33.1 Å². The molecule has 120 valence electrons. The molecule has 1 aliphatic carbocycles. The molecule has 2 fully saturated rings. The maximum absolute atomic E-state index is 12.7. The molecular formula is C17H29NO3. The molecule has 0 bridgehead atoms. The first-order chi connectivity index (χ1) is 9.82. The summed E-state index contributed by atoms with van der Waals surface area (Å²) < 4.78 is 0. The molecule has 21 heavy (non-hydrogen) atoms. The summed E-state index contributed by atoms with van der Waals surface area (Å²) in [4.78, 5) is 25.9. The molecule has 1 saturated heterocycles. The van der Waals surface area contributed by atoms with Gasteiger partial charge in [0.15, 0.2) is 0 Å². The Morgan fingerprint density at radius 3 is 2.24 bits per heavy atom. The number of carboxylic acid groups (broad SMARTS) is 1. The summed E-state index contributed by atoms with van der Waals surface area (Å²) in [6.07, 6.45) is 7.88. The van der Waals surface area contributed by atoms with Crippen LogP contribution in [0.1, 0.15) is 71.6 Å². The van der Waals surface area contributed by atoms with Crippen LogP contribution in [0.25, 0.3) is 0 Å². The zero-order valence-corrected chi connectivity index (χ0v) is 13.5. The maximum atomic E-state index is 12.7. The molecule has 2 rings (SSSR count). The first-order valence-electron chi connectivity index (χ1n) is 8.32. The molecule has 1 heterocycles. The third-order valence-corrected chi connectivity index (χ3v) is 5.22. The largest absolute Gasteiger partial charge is 0.481 e. The summed E-state index contributed by atoms with van der Waals surface area (Å²) in [6, 6.07) is 0. The fraction of sp³-hybridized carbons (Fsp3) is 0.882. The van der Waals surface area contributed by atoms with Gasteiger partial charge in [0.25, 0.3) is 0 Å². The maximum Gasteiger partial charge on any atom is 0.303 e. The van der Waals surface area contributed by atoms with Crippen LogP contribution in [0.4, 0.5) is 0 Å². The van der Waals surface area contributed by atoms with Gasteiger partial charge < -0.3 is 10.0 Å². The van der Waals surface area contributed by atoms with E-state index in [1.807, 2.05) is 4.90 Å². The molecule has 1 N–H and O–H groups in total. The van der Waals surface area contributed by atoms with Gasteiger partial charge in [-0.25, -0.2) is 0 Å². The van der Waals surface area contributed by atoms with Gasteiger partial charge in [-0.05, 0) is 36.5 Å². The van der Waals surface area contributed by atoms with E-state index in [1.54, 1.807) is 0 Å². The van der Waals surface area contributed by atoms with E-state index in [9.17, 15) is 14.7 Å².